The third-order valence-electron chi connectivity index (χ3n) is 2.68. The van der Waals surface area contributed by atoms with Crippen molar-refractivity contribution in [2.24, 2.45) is 0 Å². The highest BCUT2D eigenvalue weighted by Crippen LogP contribution is 2.27. The number of aromatic nitrogens is 2. The lowest BCUT2D eigenvalue weighted by molar-refractivity contribution is 0.0693. The predicted octanol–water partition coefficient (Wildman–Crippen LogP) is 2.17. The third-order valence-corrected chi connectivity index (χ3v) is 3.47. The van der Waals surface area contributed by atoms with Gasteiger partial charge in [-0.3, -0.25) is 4.79 Å². The summed E-state index contributed by atoms with van der Waals surface area (Å²) in [6.07, 6.45) is 1.93. The Bertz CT molecular complexity index is 695. The second kappa shape index (κ2) is 5.27. The molecule has 0 aliphatic carbocycles. The number of hydrogen-bond donors (Lipinski definition) is 2. The molecule has 5 nitrogen and oxygen atoms in total. The fourth-order valence-corrected chi connectivity index (χ4v) is 2.40. The molecule has 0 aliphatic heterocycles. The Morgan fingerprint density at radius 2 is 2.05 bits per heavy atom. The molecular weight excluding hydrogens is 264 g/mol. The van der Waals surface area contributed by atoms with Gasteiger partial charge in [-0.05, 0) is 19.2 Å². The average Bonchev–Trinajstić information content (AvgIpc) is 2.37. The van der Waals surface area contributed by atoms with E-state index in [0.717, 1.165) is 10.5 Å². The molecule has 19 heavy (non-hydrogen) atoms. The van der Waals surface area contributed by atoms with E-state index < -0.39 is 11.5 Å². The van der Waals surface area contributed by atoms with Crippen molar-refractivity contribution in [1.29, 1.82) is 0 Å². The van der Waals surface area contributed by atoms with Crippen LogP contribution in [0.2, 0.25) is 0 Å². The maximum Gasteiger partial charge on any atom is 0.343 e. The molecular formula is C13H12N2O3S. The van der Waals surface area contributed by atoms with Crippen molar-refractivity contribution in [3.63, 3.8) is 0 Å². The van der Waals surface area contributed by atoms with Crippen molar-refractivity contribution in [1.82, 2.24) is 9.97 Å². The molecule has 0 unspecified atom stereocenters. The molecule has 0 saturated heterocycles. The summed E-state index contributed by atoms with van der Waals surface area (Å²) < 4.78 is 0. The largest absolute Gasteiger partial charge is 0.477 e. The number of nitrogens with one attached hydrogen (secondary N) is 1. The van der Waals surface area contributed by atoms with Crippen LogP contribution in [-0.4, -0.2) is 27.3 Å². The Kier molecular flexibility index (Phi) is 3.71. The molecule has 2 rings (SSSR count). The van der Waals surface area contributed by atoms with Crippen molar-refractivity contribution in [3.05, 3.63) is 45.9 Å². The number of aryl methyl sites for hydroxylation is 1. The first kappa shape index (κ1) is 13.4. The van der Waals surface area contributed by atoms with Gasteiger partial charge in [0.2, 0.25) is 0 Å². The predicted molar refractivity (Wildman–Crippen MR) is 73.8 cm³/mol. The molecule has 0 aliphatic rings. The van der Waals surface area contributed by atoms with Gasteiger partial charge in [0.1, 0.15) is 11.4 Å². The van der Waals surface area contributed by atoms with E-state index >= 15 is 0 Å². The molecule has 2 aromatic rings. The molecule has 0 atom stereocenters. The van der Waals surface area contributed by atoms with Crippen LogP contribution in [0, 0.1) is 6.92 Å². The number of carboxylic acid groups (broad SMARTS) is 1. The minimum Gasteiger partial charge on any atom is -0.477 e. The molecule has 0 radical (unpaired) electrons. The van der Waals surface area contributed by atoms with Crippen molar-refractivity contribution >= 4 is 17.7 Å². The van der Waals surface area contributed by atoms with Crippen LogP contribution in [0.25, 0.3) is 11.4 Å². The van der Waals surface area contributed by atoms with Gasteiger partial charge in [0.25, 0.3) is 5.56 Å². The molecule has 2 N–H and O–H groups in total. The highest BCUT2D eigenvalue weighted by Gasteiger charge is 2.16. The normalized spacial score (nSPS) is 10.4. The molecule has 1 heterocycles. The van der Waals surface area contributed by atoms with Gasteiger partial charge >= 0.3 is 5.97 Å². The van der Waals surface area contributed by atoms with E-state index in [2.05, 4.69) is 9.97 Å². The summed E-state index contributed by atoms with van der Waals surface area (Å²) in [5.41, 5.74) is 0.0468. The van der Waals surface area contributed by atoms with Gasteiger partial charge < -0.3 is 10.1 Å². The first-order valence-corrected chi connectivity index (χ1v) is 6.74. The zero-order valence-electron chi connectivity index (χ0n) is 10.4. The van der Waals surface area contributed by atoms with Crippen LogP contribution in [0.1, 0.15) is 16.1 Å². The summed E-state index contributed by atoms with van der Waals surface area (Å²) in [5, 5.41) is 8.94. The SMILES string of the molecule is CSc1ccccc1-c1nc(C)c(C(=O)O)c(=O)[nH]1. The number of aromatic carboxylic acids is 1. The number of H-pyrrole nitrogens is 1. The molecule has 0 bridgehead atoms. The van der Waals surface area contributed by atoms with E-state index in [1.807, 2.05) is 30.5 Å². The van der Waals surface area contributed by atoms with Gasteiger partial charge in [-0.2, -0.15) is 0 Å². The lowest BCUT2D eigenvalue weighted by Gasteiger charge is -2.08. The van der Waals surface area contributed by atoms with Gasteiger partial charge in [0.15, 0.2) is 0 Å². The van der Waals surface area contributed by atoms with E-state index in [4.69, 9.17) is 5.11 Å². The zero-order valence-corrected chi connectivity index (χ0v) is 11.2. The molecule has 0 saturated carbocycles. The summed E-state index contributed by atoms with van der Waals surface area (Å²) in [4.78, 5) is 30.4. The second-order valence-corrected chi connectivity index (χ2v) is 4.73. The van der Waals surface area contributed by atoms with Crippen LogP contribution in [-0.2, 0) is 0 Å². The maximum absolute atomic E-state index is 11.8. The van der Waals surface area contributed by atoms with Crippen molar-refractivity contribution in [3.8, 4) is 11.4 Å². The molecule has 1 aromatic carbocycles. The summed E-state index contributed by atoms with van der Waals surface area (Å²) in [6.45, 7) is 1.52. The highest BCUT2D eigenvalue weighted by molar-refractivity contribution is 7.98. The van der Waals surface area contributed by atoms with E-state index in [9.17, 15) is 9.59 Å². The summed E-state index contributed by atoms with van der Waals surface area (Å²) >= 11 is 1.53. The second-order valence-electron chi connectivity index (χ2n) is 3.88. The van der Waals surface area contributed by atoms with Gasteiger partial charge in [-0.1, -0.05) is 18.2 Å². The molecule has 1 aromatic heterocycles. The Labute approximate surface area is 113 Å². The molecule has 0 fully saturated rings. The highest BCUT2D eigenvalue weighted by atomic mass is 32.2. The van der Waals surface area contributed by atoms with E-state index in [1.54, 1.807) is 0 Å². The monoisotopic (exact) mass is 276 g/mol. The van der Waals surface area contributed by atoms with E-state index in [-0.39, 0.29) is 11.3 Å². The van der Waals surface area contributed by atoms with Crippen LogP contribution in [0.3, 0.4) is 0 Å². The van der Waals surface area contributed by atoms with Gasteiger partial charge in [-0.25, -0.2) is 9.78 Å². The lowest BCUT2D eigenvalue weighted by atomic mass is 10.2. The van der Waals surface area contributed by atoms with Crippen molar-refractivity contribution in [2.45, 2.75) is 11.8 Å². The van der Waals surface area contributed by atoms with Gasteiger partial charge in [0.05, 0.1) is 5.69 Å². The number of nitrogens with zero attached hydrogens (tertiary/aromatic N) is 1. The topological polar surface area (TPSA) is 83.0 Å². The number of rotatable bonds is 3. The van der Waals surface area contributed by atoms with Crippen LogP contribution in [0.15, 0.2) is 34.0 Å². The standard InChI is InChI=1S/C13H12N2O3S/c1-7-10(13(17)18)12(16)15-11(14-7)8-5-3-4-6-9(8)19-2/h3-6H,1-2H3,(H,17,18)(H,14,15,16). The average molecular weight is 276 g/mol. The number of benzene rings is 1. The van der Waals surface area contributed by atoms with E-state index in [1.165, 1.54) is 18.7 Å². The Balaban J connectivity index is 2.65. The van der Waals surface area contributed by atoms with Crippen LogP contribution in [0.5, 0.6) is 0 Å². The smallest absolute Gasteiger partial charge is 0.343 e. The summed E-state index contributed by atoms with van der Waals surface area (Å²) in [6, 6.07) is 7.49. The van der Waals surface area contributed by atoms with E-state index in [0.29, 0.717) is 5.82 Å². The van der Waals surface area contributed by atoms with Crippen molar-refractivity contribution < 1.29 is 9.90 Å². The minimum atomic E-state index is -1.27. The Hall–Kier alpha value is -2.08. The first-order valence-electron chi connectivity index (χ1n) is 5.52. The molecule has 6 heteroatoms. The molecule has 98 valence electrons. The van der Waals surface area contributed by atoms with Gasteiger partial charge in [-0.15, -0.1) is 11.8 Å². The summed E-state index contributed by atoms with van der Waals surface area (Å²) in [7, 11) is 0. The van der Waals surface area contributed by atoms with Crippen molar-refractivity contribution in [2.75, 3.05) is 6.26 Å². The fourth-order valence-electron chi connectivity index (χ4n) is 1.81. The number of thioether (sulfide) groups is 1. The molecule has 0 amide bonds. The zero-order chi connectivity index (χ0) is 14.0. The maximum atomic E-state index is 11.8. The third kappa shape index (κ3) is 2.53. The minimum absolute atomic E-state index is 0.210. The fraction of sp³-hybridized carbons (Fsp3) is 0.154. The van der Waals surface area contributed by atoms with Crippen LogP contribution in [0.4, 0.5) is 0 Å². The summed E-state index contributed by atoms with van der Waals surface area (Å²) in [5.74, 6) is -0.881. The Morgan fingerprint density at radius 3 is 2.63 bits per heavy atom. The number of hydrogen-bond acceptors (Lipinski definition) is 4. The first-order chi connectivity index (χ1) is 9.04. The van der Waals surface area contributed by atoms with Crippen LogP contribution >= 0.6 is 11.8 Å². The van der Waals surface area contributed by atoms with Gasteiger partial charge in [0, 0.05) is 10.5 Å². The van der Waals surface area contributed by atoms with Crippen LogP contribution < -0.4 is 5.56 Å². The lowest BCUT2D eigenvalue weighted by Crippen LogP contribution is -2.21. The number of carbonyl (C=O) groups is 1. The number of aromatic amines is 1. The number of carboxylic acids is 1. The molecule has 0 spiro atoms. The quantitative estimate of drug-likeness (QED) is 0.839. The Morgan fingerprint density at radius 1 is 1.37 bits per heavy atom.